The number of fused-ring (bicyclic) bond motifs is 2. The van der Waals surface area contributed by atoms with E-state index in [4.69, 9.17) is 4.52 Å². The monoisotopic (exact) mass is 337 g/mol. The van der Waals surface area contributed by atoms with Crippen molar-refractivity contribution in [1.29, 1.82) is 0 Å². The molecule has 4 atom stereocenters. The van der Waals surface area contributed by atoms with Gasteiger partial charge in [0, 0.05) is 12.1 Å². The third-order valence-corrected chi connectivity index (χ3v) is 6.24. The Morgan fingerprint density at radius 3 is 2.72 bits per heavy atom. The molecular weight excluding hydrogens is 314 g/mol. The summed E-state index contributed by atoms with van der Waals surface area (Å²) in [5.41, 5.74) is 0.954. The number of hydrogen-bond donors (Lipinski definition) is 1. The van der Waals surface area contributed by atoms with Crippen LogP contribution in [0, 0.1) is 23.7 Å². The van der Waals surface area contributed by atoms with E-state index in [2.05, 4.69) is 15.5 Å². The fraction of sp³-hybridized carbons (Fsp3) is 0.550. The lowest BCUT2D eigenvalue weighted by atomic mass is 9.78. The van der Waals surface area contributed by atoms with Crippen molar-refractivity contribution in [2.75, 3.05) is 6.54 Å². The Hall–Kier alpha value is -2.17. The molecule has 2 aromatic rings. The predicted octanol–water partition coefficient (Wildman–Crippen LogP) is 3.39. The largest absolute Gasteiger partial charge is 0.356 e. The van der Waals surface area contributed by atoms with Crippen LogP contribution in [0.25, 0.3) is 11.4 Å². The van der Waals surface area contributed by atoms with Crippen LogP contribution in [0.2, 0.25) is 0 Å². The zero-order valence-electron chi connectivity index (χ0n) is 14.2. The number of hydrogen-bond acceptors (Lipinski definition) is 4. The van der Waals surface area contributed by atoms with Crippen LogP contribution in [0.5, 0.6) is 0 Å². The summed E-state index contributed by atoms with van der Waals surface area (Å²) >= 11 is 0. The fourth-order valence-electron chi connectivity index (χ4n) is 4.78. The van der Waals surface area contributed by atoms with Gasteiger partial charge in [-0.1, -0.05) is 35.5 Å². The first-order valence-corrected chi connectivity index (χ1v) is 9.46. The summed E-state index contributed by atoms with van der Waals surface area (Å²) in [5, 5.41) is 7.36. The third kappa shape index (κ3) is 2.75. The van der Waals surface area contributed by atoms with Crippen molar-refractivity contribution in [3.8, 4) is 11.4 Å². The van der Waals surface area contributed by atoms with Crippen molar-refractivity contribution in [1.82, 2.24) is 15.5 Å². The molecule has 1 N–H and O–H groups in total. The Bertz CT molecular complexity index is 768. The van der Waals surface area contributed by atoms with Gasteiger partial charge < -0.3 is 9.84 Å². The summed E-state index contributed by atoms with van der Waals surface area (Å²) in [7, 11) is 0. The normalized spacial score (nSPS) is 30.6. The molecule has 25 heavy (non-hydrogen) atoms. The predicted molar refractivity (Wildman–Crippen MR) is 92.5 cm³/mol. The van der Waals surface area contributed by atoms with E-state index in [0.29, 0.717) is 29.5 Å². The molecule has 1 heterocycles. The molecule has 2 bridgehead atoms. The van der Waals surface area contributed by atoms with Crippen LogP contribution in [0.1, 0.15) is 43.9 Å². The minimum atomic E-state index is 0.00146. The zero-order valence-corrected chi connectivity index (χ0v) is 14.2. The lowest BCUT2D eigenvalue weighted by Crippen LogP contribution is -2.38. The second-order valence-electron chi connectivity index (χ2n) is 7.90. The molecule has 0 unspecified atom stereocenters. The van der Waals surface area contributed by atoms with E-state index in [1.807, 2.05) is 30.3 Å². The highest BCUT2D eigenvalue weighted by molar-refractivity contribution is 5.80. The molecule has 1 aromatic carbocycles. The van der Waals surface area contributed by atoms with E-state index in [9.17, 15) is 4.79 Å². The average Bonchev–Trinajstić information content (AvgIpc) is 3.05. The molecule has 5 nitrogen and oxygen atoms in total. The van der Waals surface area contributed by atoms with Crippen molar-refractivity contribution in [2.45, 2.75) is 38.0 Å². The Morgan fingerprint density at radius 2 is 1.92 bits per heavy atom. The zero-order chi connectivity index (χ0) is 16.8. The second-order valence-corrected chi connectivity index (χ2v) is 7.90. The highest BCUT2D eigenvalue weighted by atomic mass is 16.5. The lowest BCUT2D eigenvalue weighted by Gasteiger charge is -2.27. The van der Waals surface area contributed by atoms with Crippen LogP contribution >= 0.6 is 0 Å². The van der Waals surface area contributed by atoms with Crippen LogP contribution in [-0.2, 0) is 4.79 Å². The minimum absolute atomic E-state index is 0.00146. The molecule has 0 aliphatic heterocycles. The summed E-state index contributed by atoms with van der Waals surface area (Å²) in [6.07, 6.45) is 5.96. The first-order chi connectivity index (χ1) is 12.3. The van der Waals surface area contributed by atoms with E-state index in [1.54, 1.807) is 0 Å². The molecule has 3 aliphatic carbocycles. The number of rotatable bonds is 5. The number of aromatic nitrogens is 2. The number of nitrogens with zero attached hydrogens (tertiary/aromatic N) is 2. The highest BCUT2D eigenvalue weighted by Gasteiger charge is 2.53. The minimum Gasteiger partial charge on any atom is -0.356 e. The smallest absolute Gasteiger partial charge is 0.231 e. The Kier molecular flexibility index (Phi) is 3.61. The van der Waals surface area contributed by atoms with E-state index in [0.717, 1.165) is 24.9 Å². The molecule has 0 radical (unpaired) electrons. The van der Waals surface area contributed by atoms with Gasteiger partial charge in [0.05, 0.1) is 11.8 Å². The quantitative estimate of drug-likeness (QED) is 0.908. The summed E-state index contributed by atoms with van der Waals surface area (Å²) in [5.74, 6) is 3.24. The third-order valence-electron chi connectivity index (χ3n) is 6.24. The van der Waals surface area contributed by atoms with E-state index >= 15 is 0 Å². The van der Waals surface area contributed by atoms with Gasteiger partial charge in [-0.05, 0) is 49.9 Å². The number of carbonyl (C=O) groups is 1. The molecule has 1 amide bonds. The van der Waals surface area contributed by atoms with Gasteiger partial charge >= 0.3 is 0 Å². The molecule has 3 saturated carbocycles. The second kappa shape index (κ2) is 5.97. The fourth-order valence-corrected chi connectivity index (χ4v) is 4.78. The van der Waals surface area contributed by atoms with Crippen molar-refractivity contribution in [2.24, 2.45) is 23.7 Å². The average molecular weight is 337 g/mol. The van der Waals surface area contributed by atoms with E-state index < -0.39 is 0 Å². The van der Waals surface area contributed by atoms with Gasteiger partial charge in [0.2, 0.25) is 17.6 Å². The SMILES string of the molecule is O=C(NCC1CC1)[C@H]1[C@H]2CC[C@H](C2)[C@@H]1c1nc(-c2ccccc2)no1. The molecule has 5 rings (SSSR count). The van der Waals surface area contributed by atoms with Crippen LogP contribution in [0.3, 0.4) is 0 Å². The molecule has 5 heteroatoms. The van der Waals surface area contributed by atoms with Gasteiger partial charge in [0.25, 0.3) is 0 Å². The van der Waals surface area contributed by atoms with Crippen molar-refractivity contribution in [3.63, 3.8) is 0 Å². The van der Waals surface area contributed by atoms with Gasteiger partial charge in [-0.15, -0.1) is 0 Å². The summed E-state index contributed by atoms with van der Waals surface area (Å²) in [6.45, 7) is 0.832. The number of amides is 1. The van der Waals surface area contributed by atoms with Crippen molar-refractivity contribution < 1.29 is 9.32 Å². The number of nitrogens with one attached hydrogen (secondary N) is 1. The first kappa shape index (κ1) is 15.1. The molecule has 3 aliphatic rings. The van der Waals surface area contributed by atoms with Crippen LogP contribution in [0.15, 0.2) is 34.9 Å². The lowest BCUT2D eigenvalue weighted by molar-refractivity contribution is -0.127. The first-order valence-electron chi connectivity index (χ1n) is 9.46. The summed E-state index contributed by atoms with van der Waals surface area (Å²) < 4.78 is 5.63. The molecule has 130 valence electrons. The van der Waals surface area contributed by atoms with Gasteiger partial charge in [0.1, 0.15) is 0 Å². The molecule has 3 fully saturated rings. The standard InChI is InChI=1S/C20H23N3O2/c24-19(21-11-12-6-7-12)16-14-8-9-15(10-14)17(16)20-22-18(23-25-20)13-4-2-1-3-5-13/h1-5,12,14-17H,6-11H2,(H,21,24)/t14-,15+,16-,17-/m0/s1. The van der Waals surface area contributed by atoms with Gasteiger partial charge in [-0.2, -0.15) is 4.98 Å². The Labute approximate surface area is 147 Å². The number of carbonyl (C=O) groups excluding carboxylic acids is 1. The van der Waals surface area contributed by atoms with Gasteiger partial charge in [-0.3, -0.25) is 4.79 Å². The van der Waals surface area contributed by atoms with Crippen molar-refractivity contribution >= 4 is 5.91 Å². The molecular formula is C20H23N3O2. The number of benzene rings is 1. The van der Waals surface area contributed by atoms with Crippen molar-refractivity contribution in [3.05, 3.63) is 36.2 Å². The van der Waals surface area contributed by atoms with Crippen LogP contribution in [0.4, 0.5) is 0 Å². The summed E-state index contributed by atoms with van der Waals surface area (Å²) in [4.78, 5) is 17.5. The van der Waals surface area contributed by atoms with Gasteiger partial charge in [-0.25, -0.2) is 0 Å². The maximum absolute atomic E-state index is 12.8. The summed E-state index contributed by atoms with van der Waals surface area (Å²) in [6, 6.07) is 9.87. The molecule has 0 saturated heterocycles. The van der Waals surface area contributed by atoms with Gasteiger partial charge in [0.15, 0.2) is 0 Å². The Morgan fingerprint density at radius 1 is 1.12 bits per heavy atom. The van der Waals surface area contributed by atoms with E-state index in [1.165, 1.54) is 19.3 Å². The highest BCUT2D eigenvalue weighted by Crippen LogP contribution is 2.56. The van der Waals surface area contributed by atoms with Crippen LogP contribution < -0.4 is 5.32 Å². The maximum Gasteiger partial charge on any atom is 0.231 e. The molecule has 0 spiro atoms. The topological polar surface area (TPSA) is 68.0 Å². The Balaban J connectivity index is 1.39. The van der Waals surface area contributed by atoms with E-state index in [-0.39, 0.29) is 17.7 Å². The van der Waals surface area contributed by atoms with Crippen LogP contribution in [-0.4, -0.2) is 22.6 Å². The maximum atomic E-state index is 12.8. The molecule has 1 aromatic heterocycles.